The highest BCUT2D eigenvalue weighted by molar-refractivity contribution is 6.31. The Balaban J connectivity index is 2.45. The lowest BCUT2D eigenvalue weighted by atomic mass is 10.0. The second-order valence-corrected chi connectivity index (χ2v) is 5.94. The summed E-state index contributed by atoms with van der Waals surface area (Å²) in [5.41, 5.74) is 3.13. The van der Waals surface area contributed by atoms with Crippen LogP contribution in [0.4, 0.5) is 0 Å². The average Bonchev–Trinajstić information content (AvgIpc) is 2.83. The van der Waals surface area contributed by atoms with Crippen molar-refractivity contribution < 1.29 is 0 Å². The normalized spacial score (nSPS) is 12.9. The third-order valence-corrected chi connectivity index (χ3v) is 3.71. The van der Waals surface area contributed by atoms with Crippen LogP contribution in [0.25, 0.3) is 0 Å². The van der Waals surface area contributed by atoms with Gasteiger partial charge in [-0.05, 0) is 45.4 Å². The van der Waals surface area contributed by atoms with Crippen LogP contribution in [0.2, 0.25) is 5.02 Å². The largest absolute Gasteiger partial charge is 0.305 e. The molecule has 0 aromatic carbocycles. The minimum absolute atomic E-state index is 0.00968. The van der Waals surface area contributed by atoms with E-state index in [-0.39, 0.29) is 12.1 Å². The van der Waals surface area contributed by atoms with Gasteiger partial charge < -0.3 is 5.32 Å². The molecule has 1 N–H and O–H groups in total. The van der Waals surface area contributed by atoms with Gasteiger partial charge in [0, 0.05) is 17.9 Å². The molecule has 0 aliphatic heterocycles. The van der Waals surface area contributed by atoms with E-state index < -0.39 is 0 Å². The van der Waals surface area contributed by atoms with Crippen LogP contribution in [-0.2, 0) is 0 Å². The number of rotatable bonds is 6. The van der Waals surface area contributed by atoms with Crippen molar-refractivity contribution in [2.75, 3.05) is 6.54 Å². The number of hydrogen-bond donors (Lipinski definition) is 1. The van der Waals surface area contributed by atoms with Crippen molar-refractivity contribution in [3.8, 4) is 0 Å². The van der Waals surface area contributed by atoms with Crippen molar-refractivity contribution in [1.82, 2.24) is 20.1 Å². The number of nitrogens with zero attached hydrogens (tertiary/aromatic N) is 3. The molecule has 2 rings (SSSR count). The van der Waals surface area contributed by atoms with E-state index in [0.29, 0.717) is 5.02 Å². The molecule has 2 heterocycles. The van der Waals surface area contributed by atoms with E-state index in [4.69, 9.17) is 11.6 Å². The lowest BCUT2D eigenvalue weighted by molar-refractivity contribution is 0.471. The first-order valence-electron chi connectivity index (χ1n) is 7.43. The van der Waals surface area contributed by atoms with Crippen LogP contribution in [-0.4, -0.2) is 21.3 Å². The highest BCUT2D eigenvalue weighted by Gasteiger charge is 2.23. The highest BCUT2D eigenvalue weighted by atomic mass is 35.5. The second kappa shape index (κ2) is 7.05. The van der Waals surface area contributed by atoms with E-state index in [9.17, 15) is 0 Å². The van der Waals surface area contributed by atoms with Gasteiger partial charge in [-0.2, -0.15) is 5.10 Å². The van der Waals surface area contributed by atoms with Gasteiger partial charge in [-0.25, -0.2) is 0 Å². The summed E-state index contributed by atoms with van der Waals surface area (Å²) in [6.45, 7) is 9.27. The van der Waals surface area contributed by atoms with Crippen LogP contribution >= 0.6 is 11.6 Å². The Bertz CT molecular complexity index is 574. The molecule has 2 aromatic rings. The monoisotopic (exact) mass is 306 g/mol. The summed E-state index contributed by atoms with van der Waals surface area (Å²) in [6, 6.07) is 4.40. The van der Waals surface area contributed by atoms with Gasteiger partial charge in [-0.15, -0.1) is 0 Å². The van der Waals surface area contributed by atoms with Crippen LogP contribution in [0.3, 0.4) is 0 Å². The maximum atomic E-state index is 6.40. The standard InChI is InChI=1S/C16H23ClN4/c1-5-8-18-15(13-7-6-12(4)19-9-13)16-14(17)10-20-21(16)11(2)3/h6-7,9-11,15,18H,5,8H2,1-4H3. The summed E-state index contributed by atoms with van der Waals surface area (Å²) in [4.78, 5) is 4.41. The van der Waals surface area contributed by atoms with Gasteiger partial charge >= 0.3 is 0 Å². The van der Waals surface area contributed by atoms with Gasteiger partial charge in [-0.1, -0.05) is 24.6 Å². The Labute approximate surface area is 131 Å². The van der Waals surface area contributed by atoms with Gasteiger partial charge in [-0.3, -0.25) is 9.67 Å². The minimum Gasteiger partial charge on any atom is -0.305 e. The number of pyridine rings is 1. The van der Waals surface area contributed by atoms with E-state index >= 15 is 0 Å². The molecule has 0 saturated heterocycles. The van der Waals surface area contributed by atoms with E-state index in [2.05, 4.69) is 42.2 Å². The van der Waals surface area contributed by atoms with Crippen LogP contribution in [0.15, 0.2) is 24.5 Å². The Morgan fingerprint density at radius 3 is 2.62 bits per heavy atom. The van der Waals surface area contributed by atoms with Gasteiger partial charge in [0.1, 0.15) is 0 Å². The molecule has 0 saturated carbocycles. The summed E-state index contributed by atoms with van der Waals surface area (Å²) in [5.74, 6) is 0. The average molecular weight is 307 g/mol. The third kappa shape index (κ3) is 3.63. The number of aryl methyl sites for hydroxylation is 1. The fraction of sp³-hybridized carbons (Fsp3) is 0.500. The fourth-order valence-corrected chi connectivity index (χ4v) is 2.58. The van der Waals surface area contributed by atoms with Crippen LogP contribution in [0, 0.1) is 6.92 Å². The molecule has 0 aliphatic carbocycles. The number of nitrogens with one attached hydrogen (secondary N) is 1. The van der Waals surface area contributed by atoms with Crippen LogP contribution < -0.4 is 5.32 Å². The van der Waals surface area contributed by atoms with Crippen molar-refractivity contribution in [2.24, 2.45) is 0 Å². The fourth-order valence-electron chi connectivity index (χ4n) is 2.34. The first-order valence-corrected chi connectivity index (χ1v) is 7.81. The summed E-state index contributed by atoms with van der Waals surface area (Å²) in [7, 11) is 0. The quantitative estimate of drug-likeness (QED) is 0.880. The maximum absolute atomic E-state index is 6.40. The first kappa shape index (κ1) is 16.0. The Morgan fingerprint density at radius 2 is 2.05 bits per heavy atom. The molecule has 114 valence electrons. The molecule has 21 heavy (non-hydrogen) atoms. The summed E-state index contributed by atoms with van der Waals surface area (Å²) in [5, 5.41) is 8.66. The first-order chi connectivity index (χ1) is 10.0. The van der Waals surface area contributed by atoms with Gasteiger partial charge in [0.15, 0.2) is 0 Å². The van der Waals surface area contributed by atoms with Crippen molar-refractivity contribution >= 4 is 11.6 Å². The number of hydrogen-bond acceptors (Lipinski definition) is 3. The molecule has 0 amide bonds. The van der Waals surface area contributed by atoms with Crippen molar-refractivity contribution in [1.29, 1.82) is 0 Å². The van der Waals surface area contributed by atoms with Crippen molar-refractivity contribution in [3.05, 3.63) is 46.5 Å². The lowest BCUT2D eigenvalue weighted by Gasteiger charge is -2.22. The molecule has 0 spiro atoms. The second-order valence-electron chi connectivity index (χ2n) is 5.54. The van der Waals surface area contributed by atoms with E-state index in [1.807, 2.05) is 23.9 Å². The minimum atomic E-state index is 0.00968. The molecule has 5 heteroatoms. The molecule has 0 fully saturated rings. The van der Waals surface area contributed by atoms with Gasteiger partial charge in [0.05, 0.1) is 23.0 Å². The molecule has 4 nitrogen and oxygen atoms in total. The molecule has 0 bridgehead atoms. The predicted octanol–water partition coefficient (Wildman–Crippen LogP) is 3.91. The zero-order chi connectivity index (χ0) is 15.4. The van der Waals surface area contributed by atoms with E-state index in [1.165, 1.54) is 0 Å². The molecular weight excluding hydrogens is 284 g/mol. The van der Waals surface area contributed by atoms with Crippen molar-refractivity contribution in [3.63, 3.8) is 0 Å². The number of aromatic nitrogens is 3. The Hall–Kier alpha value is -1.39. The van der Waals surface area contributed by atoms with E-state index in [0.717, 1.165) is 29.9 Å². The Morgan fingerprint density at radius 1 is 1.29 bits per heavy atom. The smallest absolute Gasteiger partial charge is 0.0837 e. The lowest BCUT2D eigenvalue weighted by Crippen LogP contribution is -2.27. The summed E-state index contributed by atoms with van der Waals surface area (Å²) < 4.78 is 1.98. The van der Waals surface area contributed by atoms with Crippen LogP contribution in [0.1, 0.15) is 56.2 Å². The van der Waals surface area contributed by atoms with E-state index in [1.54, 1.807) is 6.20 Å². The third-order valence-electron chi connectivity index (χ3n) is 3.42. The van der Waals surface area contributed by atoms with Crippen molar-refractivity contribution in [2.45, 2.75) is 46.2 Å². The molecule has 1 unspecified atom stereocenters. The maximum Gasteiger partial charge on any atom is 0.0837 e. The predicted molar refractivity (Wildman–Crippen MR) is 86.7 cm³/mol. The zero-order valence-corrected chi connectivity index (χ0v) is 13.9. The molecular formula is C16H23ClN4. The summed E-state index contributed by atoms with van der Waals surface area (Å²) in [6.07, 6.45) is 4.69. The van der Waals surface area contributed by atoms with Gasteiger partial charge in [0.2, 0.25) is 0 Å². The molecule has 0 radical (unpaired) electrons. The van der Waals surface area contributed by atoms with Gasteiger partial charge in [0.25, 0.3) is 0 Å². The summed E-state index contributed by atoms with van der Waals surface area (Å²) >= 11 is 6.40. The zero-order valence-electron chi connectivity index (χ0n) is 13.1. The topological polar surface area (TPSA) is 42.7 Å². The highest BCUT2D eigenvalue weighted by Crippen LogP contribution is 2.30. The Kier molecular flexibility index (Phi) is 5.37. The molecule has 2 aromatic heterocycles. The SMILES string of the molecule is CCCNC(c1ccc(C)nc1)c1c(Cl)cnn1C(C)C. The van der Waals surface area contributed by atoms with Crippen LogP contribution in [0.5, 0.6) is 0 Å². The molecule has 0 aliphatic rings. The number of halogens is 1. The molecule has 1 atom stereocenters.